The molecule has 1 heterocycles. The smallest absolute Gasteiger partial charge is 0.334 e. The van der Waals surface area contributed by atoms with Gasteiger partial charge in [0, 0.05) is 18.3 Å². The number of carboxylic acids is 1. The summed E-state index contributed by atoms with van der Waals surface area (Å²) in [6.07, 6.45) is 0.773. The second-order valence-electron chi connectivity index (χ2n) is 3.48. The molecule has 0 bridgehead atoms. The molecule has 0 aliphatic heterocycles. The molecule has 0 unspecified atom stereocenters. The van der Waals surface area contributed by atoms with Crippen molar-refractivity contribution in [1.29, 1.82) is 0 Å². The lowest BCUT2D eigenvalue weighted by Crippen LogP contribution is -2.36. The third kappa shape index (κ3) is 5.07. The van der Waals surface area contributed by atoms with E-state index >= 15 is 0 Å². The number of nitrogens with zero attached hydrogens (tertiary/aromatic N) is 1. The highest BCUT2D eigenvalue weighted by molar-refractivity contribution is 5.78. The topological polar surface area (TPSA) is 99.5 Å². The molecule has 0 radical (unpaired) electrons. The third-order valence-corrected chi connectivity index (χ3v) is 2.11. The number of aryl methyl sites for hydroxylation is 1. The Bertz CT molecular complexity index is 380. The van der Waals surface area contributed by atoms with Crippen LogP contribution in [0, 0.1) is 0 Å². The molecule has 92 valence electrons. The molecule has 17 heavy (non-hydrogen) atoms. The van der Waals surface area contributed by atoms with Gasteiger partial charge >= 0.3 is 5.97 Å². The highest BCUT2D eigenvalue weighted by Crippen LogP contribution is 1.98. The van der Waals surface area contributed by atoms with Crippen LogP contribution in [0.15, 0.2) is 24.4 Å². The minimum absolute atomic E-state index is 0.212. The molecule has 0 saturated heterocycles. The summed E-state index contributed by atoms with van der Waals surface area (Å²) in [4.78, 5) is 25.6. The van der Waals surface area contributed by atoms with Gasteiger partial charge in [0.2, 0.25) is 5.91 Å². The molecule has 1 aromatic heterocycles. The van der Waals surface area contributed by atoms with Crippen LogP contribution < -0.4 is 5.32 Å². The maximum Gasteiger partial charge on any atom is 0.334 e. The fraction of sp³-hybridized carbons (Fsp3) is 0.364. The van der Waals surface area contributed by atoms with E-state index < -0.39 is 12.1 Å². The summed E-state index contributed by atoms with van der Waals surface area (Å²) in [5, 5.41) is 19.7. The molecule has 0 spiro atoms. The van der Waals surface area contributed by atoms with Gasteiger partial charge in [-0.1, -0.05) is 6.07 Å². The molecule has 1 atom stereocenters. The summed E-state index contributed by atoms with van der Waals surface area (Å²) in [5.74, 6) is -1.66. The summed E-state index contributed by atoms with van der Waals surface area (Å²) < 4.78 is 0. The van der Waals surface area contributed by atoms with Crippen molar-refractivity contribution in [3.8, 4) is 0 Å². The van der Waals surface area contributed by atoms with Crippen molar-refractivity contribution < 1.29 is 19.8 Å². The highest BCUT2D eigenvalue weighted by Gasteiger charge is 2.13. The summed E-state index contributed by atoms with van der Waals surface area (Å²) >= 11 is 0. The molecule has 1 amide bonds. The van der Waals surface area contributed by atoms with E-state index in [1.807, 2.05) is 6.07 Å². The van der Waals surface area contributed by atoms with Crippen molar-refractivity contribution in [3.05, 3.63) is 30.1 Å². The van der Waals surface area contributed by atoms with Crippen LogP contribution in [0.1, 0.15) is 12.1 Å². The Labute approximate surface area is 98.3 Å². The number of carboxylic acid groups (broad SMARTS) is 1. The lowest BCUT2D eigenvalue weighted by atomic mass is 10.2. The van der Waals surface area contributed by atoms with Gasteiger partial charge in [0.05, 0.1) is 6.54 Å². The number of aromatic nitrogens is 1. The summed E-state index contributed by atoms with van der Waals surface area (Å²) in [7, 11) is 0. The minimum Gasteiger partial charge on any atom is -0.479 e. The van der Waals surface area contributed by atoms with Gasteiger partial charge in [0.1, 0.15) is 0 Å². The molecular formula is C11H14N2O4. The zero-order chi connectivity index (χ0) is 12.7. The number of nitrogens with one attached hydrogen (secondary N) is 1. The van der Waals surface area contributed by atoms with Crippen molar-refractivity contribution in [3.63, 3.8) is 0 Å². The summed E-state index contributed by atoms with van der Waals surface area (Å²) in [6.45, 7) is -0.281. The van der Waals surface area contributed by atoms with Crippen LogP contribution in [0.2, 0.25) is 0 Å². The number of carbonyl (C=O) groups is 2. The van der Waals surface area contributed by atoms with E-state index in [0.29, 0.717) is 6.42 Å². The Morgan fingerprint density at radius 1 is 1.41 bits per heavy atom. The first-order valence-electron chi connectivity index (χ1n) is 5.17. The molecule has 0 fully saturated rings. The third-order valence-electron chi connectivity index (χ3n) is 2.11. The monoisotopic (exact) mass is 238 g/mol. The molecule has 6 nitrogen and oxygen atoms in total. The van der Waals surface area contributed by atoms with Gasteiger partial charge in [-0.25, -0.2) is 4.79 Å². The van der Waals surface area contributed by atoms with Gasteiger partial charge in [-0.3, -0.25) is 9.78 Å². The van der Waals surface area contributed by atoms with Crippen LogP contribution in [0.4, 0.5) is 0 Å². The van der Waals surface area contributed by atoms with Crippen molar-refractivity contribution in [2.75, 3.05) is 6.54 Å². The number of hydrogen-bond acceptors (Lipinski definition) is 4. The van der Waals surface area contributed by atoms with Crippen LogP contribution in [-0.2, 0) is 16.0 Å². The van der Waals surface area contributed by atoms with Gasteiger partial charge in [0.15, 0.2) is 6.10 Å². The van der Waals surface area contributed by atoms with Crippen LogP contribution in [-0.4, -0.2) is 39.7 Å². The lowest BCUT2D eigenvalue weighted by molar-refractivity contribution is -0.146. The zero-order valence-electron chi connectivity index (χ0n) is 9.17. The zero-order valence-corrected chi connectivity index (χ0v) is 9.17. The largest absolute Gasteiger partial charge is 0.479 e. The normalized spacial score (nSPS) is 11.8. The predicted octanol–water partition coefficient (Wildman–Crippen LogP) is -0.424. The average molecular weight is 238 g/mol. The second kappa shape index (κ2) is 6.59. The Hall–Kier alpha value is -1.95. The van der Waals surface area contributed by atoms with E-state index in [1.165, 1.54) is 0 Å². The van der Waals surface area contributed by atoms with E-state index in [-0.39, 0.29) is 18.9 Å². The standard InChI is InChI=1S/C11H14N2O4/c14-9(11(16)17)7-13-10(15)5-4-8-3-1-2-6-12-8/h1-3,6,9,14H,4-5,7H2,(H,13,15)(H,16,17)/t9-/m0/s1. The van der Waals surface area contributed by atoms with Crippen molar-refractivity contribution in [1.82, 2.24) is 10.3 Å². The van der Waals surface area contributed by atoms with E-state index in [0.717, 1.165) is 5.69 Å². The number of pyridine rings is 1. The first-order chi connectivity index (χ1) is 8.09. The molecular weight excluding hydrogens is 224 g/mol. The quantitative estimate of drug-likeness (QED) is 0.625. The Kier molecular flexibility index (Phi) is 5.09. The Balaban J connectivity index is 2.24. The average Bonchev–Trinajstić information content (AvgIpc) is 2.34. The number of amides is 1. The molecule has 0 saturated carbocycles. The highest BCUT2D eigenvalue weighted by atomic mass is 16.4. The molecule has 0 aliphatic rings. The Morgan fingerprint density at radius 3 is 2.76 bits per heavy atom. The predicted molar refractivity (Wildman–Crippen MR) is 59.2 cm³/mol. The molecule has 6 heteroatoms. The molecule has 3 N–H and O–H groups in total. The number of carbonyl (C=O) groups excluding carboxylic acids is 1. The van der Waals surface area contributed by atoms with E-state index in [2.05, 4.69) is 10.3 Å². The number of hydrogen-bond donors (Lipinski definition) is 3. The van der Waals surface area contributed by atoms with Crippen molar-refractivity contribution >= 4 is 11.9 Å². The van der Waals surface area contributed by atoms with Crippen molar-refractivity contribution in [2.24, 2.45) is 0 Å². The summed E-state index contributed by atoms with van der Waals surface area (Å²) in [5.41, 5.74) is 0.793. The maximum atomic E-state index is 11.3. The number of aliphatic carboxylic acids is 1. The first-order valence-corrected chi connectivity index (χ1v) is 5.17. The van der Waals surface area contributed by atoms with Gasteiger partial charge in [-0.05, 0) is 18.6 Å². The molecule has 0 aliphatic carbocycles. The maximum absolute atomic E-state index is 11.3. The Morgan fingerprint density at radius 2 is 2.18 bits per heavy atom. The second-order valence-corrected chi connectivity index (χ2v) is 3.48. The van der Waals surface area contributed by atoms with E-state index in [4.69, 9.17) is 10.2 Å². The van der Waals surface area contributed by atoms with Crippen LogP contribution in [0.5, 0.6) is 0 Å². The SMILES string of the molecule is O=C(CCc1ccccn1)NC[C@H](O)C(=O)O. The minimum atomic E-state index is -1.56. The molecule has 0 aromatic carbocycles. The first kappa shape index (κ1) is 13.1. The fourth-order valence-corrected chi connectivity index (χ4v) is 1.17. The van der Waals surface area contributed by atoms with E-state index in [1.54, 1.807) is 18.3 Å². The van der Waals surface area contributed by atoms with Crippen molar-refractivity contribution in [2.45, 2.75) is 18.9 Å². The van der Waals surface area contributed by atoms with Gasteiger partial charge < -0.3 is 15.5 Å². The van der Waals surface area contributed by atoms with Crippen LogP contribution >= 0.6 is 0 Å². The number of aliphatic hydroxyl groups excluding tert-OH is 1. The molecule has 1 rings (SSSR count). The number of aliphatic hydroxyl groups is 1. The van der Waals surface area contributed by atoms with E-state index in [9.17, 15) is 9.59 Å². The summed E-state index contributed by atoms with van der Waals surface area (Å²) in [6, 6.07) is 5.42. The number of rotatable bonds is 6. The lowest BCUT2D eigenvalue weighted by Gasteiger charge is -2.07. The van der Waals surface area contributed by atoms with Gasteiger partial charge in [0.25, 0.3) is 0 Å². The van der Waals surface area contributed by atoms with Crippen LogP contribution in [0.3, 0.4) is 0 Å². The van der Waals surface area contributed by atoms with Gasteiger partial charge in [-0.2, -0.15) is 0 Å². The fourth-order valence-electron chi connectivity index (χ4n) is 1.17. The van der Waals surface area contributed by atoms with Crippen LogP contribution in [0.25, 0.3) is 0 Å². The van der Waals surface area contributed by atoms with Gasteiger partial charge in [-0.15, -0.1) is 0 Å². The molecule has 1 aromatic rings.